The van der Waals surface area contributed by atoms with E-state index in [1.54, 1.807) is 4.40 Å². The van der Waals surface area contributed by atoms with Crippen LogP contribution >= 0.6 is 0 Å². The van der Waals surface area contributed by atoms with Crippen LogP contribution in [0.3, 0.4) is 0 Å². The highest BCUT2D eigenvalue weighted by Crippen LogP contribution is 2.49. The molecule has 11 aromatic rings. The quantitative estimate of drug-likeness (QED) is 0.138. The average molecular weight is 590 g/mol. The van der Waals surface area contributed by atoms with Crippen LogP contribution in [0.4, 0.5) is 0 Å². The summed E-state index contributed by atoms with van der Waals surface area (Å²) in [7, 11) is 0. The molecule has 1 aliphatic rings. The zero-order valence-corrected chi connectivity index (χ0v) is 24.0. The van der Waals surface area contributed by atoms with Gasteiger partial charge in [0.15, 0.2) is 6.23 Å². The number of nitrogens with zero attached hydrogens (tertiary/aromatic N) is 2. The number of carbonyl (C=O) groups is 1. The Hall–Kier alpha value is -6.11. The van der Waals surface area contributed by atoms with Gasteiger partial charge in [0.05, 0.1) is 11.0 Å². The largest absolute Gasteiger partial charge is 0.369 e. The van der Waals surface area contributed by atoms with E-state index in [9.17, 15) is 14.7 Å². The Bertz CT molecular complexity index is 3220. The highest BCUT2D eigenvalue weighted by Gasteiger charge is 2.28. The number of aromatic nitrogens is 2. The average Bonchev–Trinajstić information content (AvgIpc) is 3.48. The smallest absolute Gasteiger partial charge is 0.264 e. The summed E-state index contributed by atoms with van der Waals surface area (Å²) in [4.78, 5) is 31.9. The van der Waals surface area contributed by atoms with Crippen LogP contribution in [-0.4, -0.2) is 20.4 Å². The van der Waals surface area contributed by atoms with Crippen molar-refractivity contribution >= 4 is 109 Å². The molecule has 1 aliphatic heterocycles. The molecule has 9 aromatic carbocycles. The lowest BCUT2D eigenvalue weighted by Gasteiger charge is -2.26. The molecule has 46 heavy (non-hydrogen) atoms. The maximum Gasteiger partial charge on any atom is 0.264 e. The summed E-state index contributed by atoms with van der Waals surface area (Å²) < 4.78 is 1.76. The first-order valence-electron chi connectivity index (χ1n) is 15.4. The van der Waals surface area contributed by atoms with Crippen LogP contribution in [-0.2, 0) is 0 Å². The predicted octanol–water partition coefficient (Wildman–Crippen LogP) is 8.12. The number of aliphatic hydroxyl groups is 1. The molecule has 12 rings (SSSR count). The molecule has 0 saturated heterocycles. The number of hydrogen-bond donors (Lipinski definition) is 2. The fourth-order valence-electron chi connectivity index (χ4n) is 8.90. The Kier molecular flexibility index (Phi) is 3.75. The number of aliphatic hydroxyl groups excluding tert-OH is 1. The van der Waals surface area contributed by atoms with E-state index >= 15 is 0 Å². The van der Waals surface area contributed by atoms with Crippen LogP contribution in [0.1, 0.15) is 22.1 Å². The Morgan fingerprint density at radius 3 is 1.65 bits per heavy atom. The number of hydrogen-bond acceptors (Lipinski definition) is 4. The monoisotopic (exact) mass is 589 g/mol. The van der Waals surface area contributed by atoms with E-state index in [1.807, 2.05) is 42.5 Å². The Labute approximate surface area is 257 Å². The minimum atomic E-state index is -1.04. The van der Waals surface area contributed by atoms with Crippen molar-refractivity contribution in [3.63, 3.8) is 0 Å². The van der Waals surface area contributed by atoms with E-state index in [4.69, 9.17) is 4.98 Å². The number of carbonyl (C=O) groups excluding carboxylic acids is 1. The maximum atomic E-state index is 14.1. The summed E-state index contributed by atoms with van der Waals surface area (Å²) in [5, 5.41) is 30.2. The van der Waals surface area contributed by atoms with Crippen LogP contribution in [0.2, 0.25) is 0 Å². The van der Waals surface area contributed by atoms with Gasteiger partial charge < -0.3 is 10.4 Å². The lowest BCUT2D eigenvalue weighted by atomic mass is 9.81. The minimum Gasteiger partial charge on any atom is -0.369 e. The standard InChI is InChI=1S/C40H19N3O3/c44-38-26-14-10-22-18-6-5-17-21-9-13-25-35-28(40(46)43-30-4-2-1-3-29(30)41-37(25)43)16-12-24(33(21)35)20-8-7-19(32(18)31(17)20)23-11-15-27(39(45)42-38)36(26)34(22)23/h1-16,38,44H,(H,42,45). The van der Waals surface area contributed by atoms with Crippen molar-refractivity contribution < 1.29 is 9.90 Å². The van der Waals surface area contributed by atoms with Crippen LogP contribution in [0.5, 0.6) is 0 Å². The predicted molar refractivity (Wildman–Crippen MR) is 185 cm³/mol. The van der Waals surface area contributed by atoms with Gasteiger partial charge >= 0.3 is 0 Å². The number of amides is 1. The summed E-state index contributed by atoms with van der Waals surface area (Å²) >= 11 is 0. The summed E-state index contributed by atoms with van der Waals surface area (Å²) in [6.07, 6.45) is -1.04. The molecule has 2 aromatic heterocycles. The third-order valence-corrected chi connectivity index (χ3v) is 10.7. The molecular formula is C40H19N3O3. The molecule has 0 bridgehead atoms. The summed E-state index contributed by atoms with van der Waals surface area (Å²) in [5.41, 5.74) is 3.58. The zero-order chi connectivity index (χ0) is 30.2. The lowest BCUT2D eigenvalue weighted by molar-refractivity contribution is 0.0773. The summed E-state index contributed by atoms with van der Waals surface area (Å²) in [5.74, 6) is -0.259. The molecule has 2 N–H and O–H groups in total. The van der Waals surface area contributed by atoms with Gasteiger partial charge in [-0.3, -0.25) is 14.0 Å². The van der Waals surface area contributed by atoms with E-state index in [0.29, 0.717) is 16.6 Å². The number of rotatable bonds is 0. The first-order chi connectivity index (χ1) is 22.6. The number of fused-ring (bicyclic) bond motifs is 8. The molecule has 212 valence electrons. The van der Waals surface area contributed by atoms with Crippen molar-refractivity contribution in [1.29, 1.82) is 0 Å². The molecule has 6 heteroatoms. The molecule has 6 nitrogen and oxygen atoms in total. The fourth-order valence-corrected chi connectivity index (χ4v) is 8.90. The van der Waals surface area contributed by atoms with E-state index in [1.165, 1.54) is 10.8 Å². The van der Waals surface area contributed by atoms with Crippen LogP contribution in [0.15, 0.2) is 102 Å². The Morgan fingerprint density at radius 1 is 0.543 bits per heavy atom. The van der Waals surface area contributed by atoms with Crippen molar-refractivity contribution in [2.75, 3.05) is 0 Å². The van der Waals surface area contributed by atoms with Gasteiger partial charge in [-0.1, -0.05) is 66.7 Å². The van der Waals surface area contributed by atoms with Gasteiger partial charge in [0.1, 0.15) is 5.65 Å². The SMILES string of the molecule is O=C1NC(O)c2ccc3c4ccc5c6ccc7c8c(ccc(c9ccc(c%10ccc1c2c%103)c4c95)c68)c(=O)n1c2ccccc2nc71. The number of nitrogens with one attached hydrogen (secondary N) is 1. The van der Waals surface area contributed by atoms with Gasteiger partial charge in [0.25, 0.3) is 11.5 Å². The topological polar surface area (TPSA) is 83.7 Å². The molecule has 0 radical (unpaired) electrons. The van der Waals surface area contributed by atoms with Crippen molar-refractivity contribution in [3.8, 4) is 0 Å². The van der Waals surface area contributed by atoms with Gasteiger partial charge in [-0.25, -0.2) is 4.98 Å². The van der Waals surface area contributed by atoms with Crippen LogP contribution in [0, 0.1) is 0 Å². The van der Waals surface area contributed by atoms with Gasteiger partial charge in [-0.2, -0.15) is 0 Å². The van der Waals surface area contributed by atoms with Gasteiger partial charge in [0, 0.05) is 32.7 Å². The molecule has 3 heterocycles. The lowest BCUT2D eigenvalue weighted by Crippen LogP contribution is -2.32. The third kappa shape index (κ3) is 2.39. The van der Waals surface area contributed by atoms with Crippen molar-refractivity contribution in [1.82, 2.24) is 14.7 Å². The molecule has 0 saturated carbocycles. The maximum absolute atomic E-state index is 14.1. The van der Waals surface area contributed by atoms with Crippen LogP contribution in [0.25, 0.3) is 103 Å². The van der Waals surface area contributed by atoms with Crippen molar-refractivity contribution in [2.24, 2.45) is 0 Å². The first-order valence-corrected chi connectivity index (χ1v) is 15.4. The van der Waals surface area contributed by atoms with E-state index < -0.39 is 6.23 Å². The molecule has 1 amide bonds. The fraction of sp³-hybridized carbons (Fsp3) is 0.0250. The molecule has 0 fully saturated rings. The minimum absolute atomic E-state index is 0.0497. The summed E-state index contributed by atoms with van der Waals surface area (Å²) in [6.45, 7) is 0. The third-order valence-electron chi connectivity index (χ3n) is 10.7. The van der Waals surface area contributed by atoms with Crippen LogP contribution < -0.4 is 10.9 Å². The molecule has 0 aliphatic carbocycles. The molecule has 0 spiro atoms. The number of para-hydroxylation sites is 2. The first kappa shape index (κ1) is 23.3. The second kappa shape index (κ2) is 7.40. The van der Waals surface area contributed by atoms with Crippen molar-refractivity contribution in [2.45, 2.75) is 6.23 Å². The zero-order valence-electron chi connectivity index (χ0n) is 24.0. The van der Waals surface area contributed by atoms with Gasteiger partial charge in [0.2, 0.25) is 0 Å². The second-order valence-corrected chi connectivity index (χ2v) is 12.7. The highest BCUT2D eigenvalue weighted by molar-refractivity contribution is 6.44. The second-order valence-electron chi connectivity index (χ2n) is 12.7. The molecular weight excluding hydrogens is 570 g/mol. The summed E-state index contributed by atoms with van der Waals surface area (Å²) in [6, 6.07) is 33.0. The highest BCUT2D eigenvalue weighted by atomic mass is 16.3. The molecule has 1 atom stereocenters. The number of pyridine rings is 1. The van der Waals surface area contributed by atoms with E-state index in [-0.39, 0.29) is 11.5 Å². The Balaban J connectivity index is 1.31. The van der Waals surface area contributed by atoms with E-state index in [2.05, 4.69) is 59.9 Å². The molecule has 1 unspecified atom stereocenters. The van der Waals surface area contributed by atoms with Crippen molar-refractivity contribution in [3.05, 3.63) is 119 Å². The number of imidazole rings is 1. The normalized spacial score (nSPS) is 15.6. The van der Waals surface area contributed by atoms with Gasteiger partial charge in [-0.15, -0.1) is 0 Å². The number of benzene rings is 9. The van der Waals surface area contributed by atoms with Gasteiger partial charge in [-0.05, 0) is 95.0 Å². The Morgan fingerprint density at radius 2 is 1.02 bits per heavy atom. The van der Waals surface area contributed by atoms with E-state index in [0.717, 1.165) is 86.6 Å².